The van der Waals surface area contributed by atoms with Gasteiger partial charge in [0.05, 0.1) is 12.6 Å². The molecule has 0 radical (unpaired) electrons. The number of benzene rings is 1. The van der Waals surface area contributed by atoms with Crippen molar-refractivity contribution in [3.63, 3.8) is 0 Å². The van der Waals surface area contributed by atoms with Crippen molar-refractivity contribution in [2.45, 2.75) is 45.6 Å². The largest absolute Gasteiger partial charge is 0.481 e. The Balaban J connectivity index is 1.91. The molecule has 1 aliphatic heterocycles. The third-order valence-corrected chi connectivity index (χ3v) is 4.68. The van der Waals surface area contributed by atoms with Gasteiger partial charge in [-0.15, -0.1) is 0 Å². The Kier molecular flexibility index (Phi) is 7.44. The number of hydrogen-bond donors (Lipinski definition) is 2. The van der Waals surface area contributed by atoms with Crippen LogP contribution in [0.5, 0.6) is 0 Å². The molecule has 5 heteroatoms. The second-order valence-corrected chi connectivity index (χ2v) is 7.50. The lowest BCUT2D eigenvalue weighted by Gasteiger charge is -2.32. The summed E-state index contributed by atoms with van der Waals surface area (Å²) in [6.45, 7) is 6.22. The topological polar surface area (TPSA) is 69.6 Å². The van der Waals surface area contributed by atoms with Crippen molar-refractivity contribution in [1.82, 2.24) is 10.2 Å². The van der Waals surface area contributed by atoms with Crippen LogP contribution in [0.15, 0.2) is 30.3 Å². The number of nitrogens with zero attached hydrogens (tertiary/aromatic N) is 1. The van der Waals surface area contributed by atoms with Crippen molar-refractivity contribution >= 4 is 11.9 Å². The molecular weight excluding hydrogens is 316 g/mol. The van der Waals surface area contributed by atoms with E-state index in [-0.39, 0.29) is 24.3 Å². The first kappa shape index (κ1) is 19.4. The molecule has 2 N–H and O–H groups in total. The molecule has 1 amide bonds. The third kappa shape index (κ3) is 6.86. The number of aliphatic carboxylic acids is 1. The Morgan fingerprint density at radius 1 is 1.28 bits per heavy atom. The first-order valence-corrected chi connectivity index (χ1v) is 9.22. The first-order chi connectivity index (χ1) is 11.9. The molecule has 1 aromatic rings. The van der Waals surface area contributed by atoms with Gasteiger partial charge in [-0.25, -0.2) is 0 Å². The third-order valence-electron chi connectivity index (χ3n) is 4.68. The summed E-state index contributed by atoms with van der Waals surface area (Å²) in [7, 11) is 0. The summed E-state index contributed by atoms with van der Waals surface area (Å²) < 4.78 is 0. The maximum absolute atomic E-state index is 12.5. The molecule has 2 rings (SSSR count). The zero-order valence-corrected chi connectivity index (χ0v) is 15.3. The minimum atomic E-state index is -0.752. The Labute approximate surface area is 150 Å². The molecular formula is C20H30N2O3. The summed E-state index contributed by atoms with van der Waals surface area (Å²) in [4.78, 5) is 25.5. The van der Waals surface area contributed by atoms with E-state index in [9.17, 15) is 9.59 Å². The Bertz CT molecular complexity index is 559. The van der Waals surface area contributed by atoms with Gasteiger partial charge < -0.3 is 10.4 Å². The number of carboxylic acids is 1. The second-order valence-electron chi connectivity index (χ2n) is 7.50. The number of carbonyl (C=O) groups is 2. The molecule has 0 spiro atoms. The van der Waals surface area contributed by atoms with E-state index in [1.807, 2.05) is 18.2 Å². The molecule has 5 nitrogen and oxygen atoms in total. The van der Waals surface area contributed by atoms with Gasteiger partial charge in [-0.1, -0.05) is 44.2 Å². The van der Waals surface area contributed by atoms with Crippen molar-refractivity contribution in [2.75, 3.05) is 19.6 Å². The highest BCUT2D eigenvalue weighted by atomic mass is 16.4. The van der Waals surface area contributed by atoms with Crippen molar-refractivity contribution < 1.29 is 14.7 Å². The Morgan fingerprint density at radius 3 is 2.64 bits per heavy atom. The van der Waals surface area contributed by atoms with Crippen molar-refractivity contribution in [3.8, 4) is 0 Å². The molecule has 1 heterocycles. The van der Waals surface area contributed by atoms with E-state index in [1.54, 1.807) is 0 Å². The van der Waals surface area contributed by atoms with Crippen LogP contribution in [-0.2, 0) is 9.59 Å². The van der Waals surface area contributed by atoms with Gasteiger partial charge in [0, 0.05) is 13.0 Å². The van der Waals surface area contributed by atoms with Gasteiger partial charge in [0.25, 0.3) is 0 Å². The molecule has 1 fully saturated rings. The van der Waals surface area contributed by atoms with Gasteiger partial charge in [0.1, 0.15) is 0 Å². The molecule has 1 aromatic carbocycles. The summed E-state index contributed by atoms with van der Waals surface area (Å²) in [6, 6.07) is 10.1. The van der Waals surface area contributed by atoms with Crippen LogP contribution in [0.25, 0.3) is 0 Å². The maximum atomic E-state index is 12.5. The maximum Gasteiger partial charge on any atom is 0.303 e. The average molecular weight is 346 g/mol. The van der Waals surface area contributed by atoms with Gasteiger partial charge in [-0.2, -0.15) is 0 Å². The fourth-order valence-corrected chi connectivity index (χ4v) is 3.59. The molecule has 0 aliphatic carbocycles. The van der Waals surface area contributed by atoms with Crippen LogP contribution in [0, 0.1) is 11.8 Å². The predicted molar refractivity (Wildman–Crippen MR) is 98.2 cm³/mol. The minimum absolute atomic E-state index is 0.0190. The SMILES string of the molecule is CC(C)C[C@H](NC(=O)CN1CCC[C@@H](CC(=O)O)C1)c1ccccc1. The van der Waals surface area contributed by atoms with E-state index in [0.29, 0.717) is 19.0 Å². The number of hydrogen-bond acceptors (Lipinski definition) is 3. The van der Waals surface area contributed by atoms with Crippen LogP contribution in [0.4, 0.5) is 0 Å². The van der Waals surface area contributed by atoms with E-state index in [1.165, 1.54) is 0 Å². The van der Waals surface area contributed by atoms with Crippen LogP contribution in [0.2, 0.25) is 0 Å². The zero-order chi connectivity index (χ0) is 18.2. The monoisotopic (exact) mass is 346 g/mol. The highest BCUT2D eigenvalue weighted by molar-refractivity contribution is 5.78. The molecule has 1 saturated heterocycles. The standard InChI is InChI=1S/C20H30N2O3/c1-15(2)11-18(17-8-4-3-5-9-17)21-19(23)14-22-10-6-7-16(13-22)12-20(24)25/h3-5,8-9,15-16,18H,6-7,10-14H2,1-2H3,(H,21,23)(H,24,25)/t16-,18-/m0/s1. The summed E-state index contributed by atoms with van der Waals surface area (Å²) >= 11 is 0. The number of amides is 1. The van der Waals surface area contributed by atoms with Gasteiger partial charge in [0.15, 0.2) is 0 Å². The molecule has 2 atom stereocenters. The number of rotatable bonds is 8. The summed E-state index contributed by atoms with van der Waals surface area (Å²) in [5, 5.41) is 12.1. The zero-order valence-electron chi connectivity index (χ0n) is 15.3. The van der Waals surface area contributed by atoms with Crippen LogP contribution in [-0.4, -0.2) is 41.5 Å². The number of nitrogens with one attached hydrogen (secondary N) is 1. The lowest BCUT2D eigenvalue weighted by Crippen LogP contribution is -2.43. The van der Waals surface area contributed by atoms with E-state index in [4.69, 9.17) is 5.11 Å². The van der Waals surface area contributed by atoms with Crippen LogP contribution in [0.3, 0.4) is 0 Å². The molecule has 1 aliphatic rings. The summed E-state index contributed by atoms with van der Waals surface area (Å²) in [5.74, 6) is -0.0945. The van der Waals surface area contributed by atoms with Crippen LogP contribution >= 0.6 is 0 Å². The van der Waals surface area contributed by atoms with Crippen LogP contribution < -0.4 is 5.32 Å². The highest BCUT2D eigenvalue weighted by Crippen LogP contribution is 2.22. The van der Waals surface area contributed by atoms with E-state index >= 15 is 0 Å². The summed E-state index contributed by atoms with van der Waals surface area (Å²) in [5.41, 5.74) is 1.13. The number of carbonyl (C=O) groups excluding carboxylic acids is 1. The number of carboxylic acid groups (broad SMARTS) is 1. The second kappa shape index (κ2) is 9.56. The van der Waals surface area contributed by atoms with Crippen molar-refractivity contribution in [2.24, 2.45) is 11.8 Å². The van der Waals surface area contributed by atoms with Crippen LogP contribution in [0.1, 0.15) is 51.1 Å². The lowest BCUT2D eigenvalue weighted by atomic mass is 9.94. The van der Waals surface area contributed by atoms with Gasteiger partial charge in [0.2, 0.25) is 5.91 Å². The lowest BCUT2D eigenvalue weighted by molar-refractivity contribution is -0.138. The predicted octanol–water partition coefficient (Wildman–Crippen LogP) is 3.08. The van der Waals surface area contributed by atoms with Gasteiger partial charge >= 0.3 is 5.97 Å². The smallest absolute Gasteiger partial charge is 0.303 e. The molecule has 138 valence electrons. The minimum Gasteiger partial charge on any atom is -0.481 e. The molecule has 0 unspecified atom stereocenters. The summed E-state index contributed by atoms with van der Waals surface area (Å²) in [6.07, 6.45) is 2.99. The Hall–Kier alpha value is -1.88. The quantitative estimate of drug-likeness (QED) is 0.759. The van der Waals surface area contributed by atoms with E-state index < -0.39 is 5.97 Å². The van der Waals surface area contributed by atoms with E-state index in [2.05, 4.69) is 36.2 Å². The Morgan fingerprint density at radius 2 is 2.00 bits per heavy atom. The highest BCUT2D eigenvalue weighted by Gasteiger charge is 2.24. The molecule has 0 bridgehead atoms. The molecule has 25 heavy (non-hydrogen) atoms. The normalized spacial score (nSPS) is 19.6. The van der Waals surface area contributed by atoms with Gasteiger partial charge in [-0.3, -0.25) is 14.5 Å². The fraction of sp³-hybridized carbons (Fsp3) is 0.600. The first-order valence-electron chi connectivity index (χ1n) is 9.22. The number of piperidine rings is 1. The molecule has 0 saturated carbocycles. The van der Waals surface area contributed by atoms with Crippen molar-refractivity contribution in [1.29, 1.82) is 0 Å². The average Bonchev–Trinajstić information content (AvgIpc) is 2.54. The van der Waals surface area contributed by atoms with Gasteiger partial charge in [-0.05, 0) is 43.2 Å². The molecule has 0 aromatic heterocycles. The van der Waals surface area contributed by atoms with E-state index in [0.717, 1.165) is 31.4 Å². The fourth-order valence-electron chi connectivity index (χ4n) is 3.59. The van der Waals surface area contributed by atoms with Crippen molar-refractivity contribution in [3.05, 3.63) is 35.9 Å². The number of likely N-dealkylation sites (tertiary alicyclic amines) is 1.